The smallest absolute Gasteiger partial charge is 0.110 e. The Labute approximate surface area is 63.6 Å². The van der Waals surface area contributed by atoms with Crippen molar-refractivity contribution in [3.05, 3.63) is 30.7 Å². The summed E-state index contributed by atoms with van der Waals surface area (Å²) in [7, 11) is 0. The van der Waals surface area contributed by atoms with Gasteiger partial charge in [-0.1, -0.05) is 0 Å². The maximum atomic E-state index is 5.12. The zero-order chi connectivity index (χ0) is 7.26. The highest BCUT2D eigenvalue weighted by Gasteiger charge is 2.23. The van der Waals surface area contributed by atoms with Crippen LogP contribution in [0.2, 0.25) is 0 Å². The standard InChI is InChI=1S/C8H6N2O/c1-6-3-11-4-7(1)10-5-9-2-8(6)10/h2-5H,1H2. The molecule has 2 aliphatic heterocycles. The molecule has 11 heavy (non-hydrogen) atoms. The van der Waals surface area contributed by atoms with Crippen LogP contribution in [-0.2, 0) is 4.74 Å². The van der Waals surface area contributed by atoms with E-state index in [0.717, 1.165) is 12.1 Å². The quantitative estimate of drug-likeness (QED) is 0.554. The summed E-state index contributed by atoms with van der Waals surface area (Å²) in [6.45, 7) is 0. The molecule has 0 unspecified atom stereocenters. The van der Waals surface area contributed by atoms with Gasteiger partial charge in [0.25, 0.3) is 0 Å². The lowest BCUT2D eigenvalue weighted by Gasteiger charge is -2.02. The first-order valence-corrected chi connectivity index (χ1v) is 3.52. The molecule has 0 N–H and O–H groups in total. The van der Waals surface area contributed by atoms with Gasteiger partial charge in [-0.05, 0) is 0 Å². The number of hydrogen-bond donors (Lipinski definition) is 0. The zero-order valence-electron chi connectivity index (χ0n) is 5.82. The molecule has 54 valence electrons. The van der Waals surface area contributed by atoms with Crippen molar-refractivity contribution in [3.63, 3.8) is 0 Å². The van der Waals surface area contributed by atoms with E-state index in [4.69, 9.17) is 4.74 Å². The molecule has 1 aromatic rings. The predicted molar refractivity (Wildman–Crippen MR) is 40.2 cm³/mol. The van der Waals surface area contributed by atoms with Crippen molar-refractivity contribution in [1.29, 1.82) is 0 Å². The summed E-state index contributed by atoms with van der Waals surface area (Å²) in [5.74, 6) is 0. The number of aromatic nitrogens is 2. The summed E-state index contributed by atoms with van der Waals surface area (Å²) in [5.41, 5.74) is 3.56. The van der Waals surface area contributed by atoms with Gasteiger partial charge in [0.05, 0.1) is 30.2 Å². The molecule has 0 amide bonds. The van der Waals surface area contributed by atoms with Crippen LogP contribution in [0.15, 0.2) is 25.0 Å². The minimum Gasteiger partial charge on any atom is -0.470 e. The topological polar surface area (TPSA) is 27.1 Å². The lowest BCUT2D eigenvalue weighted by molar-refractivity contribution is 0.400. The van der Waals surface area contributed by atoms with E-state index in [9.17, 15) is 0 Å². The maximum Gasteiger partial charge on any atom is 0.110 e. The Morgan fingerprint density at radius 3 is 3.45 bits per heavy atom. The van der Waals surface area contributed by atoms with Crippen LogP contribution in [0.4, 0.5) is 0 Å². The van der Waals surface area contributed by atoms with Gasteiger partial charge in [-0.2, -0.15) is 0 Å². The number of fused-ring (bicyclic) bond motifs is 5. The second-order valence-electron chi connectivity index (χ2n) is 2.71. The molecule has 3 nitrogen and oxygen atoms in total. The summed E-state index contributed by atoms with van der Waals surface area (Å²) >= 11 is 0. The molecule has 0 atom stereocenters. The second kappa shape index (κ2) is 1.56. The van der Waals surface area contributed by atoms with Crippen LogP contribution in [0.1, 0.15) is 12.1 Å². The Kier molecular flexibility index (Phi) is 0.733. The molecule has 0 aliphatic carbocycles. The minimum atomic E-state index is 0.984. The zero-order valence-corrected chi connectivity index (χ0v) is 5.82. The van der Waals surface area contributed by atoms with E-state index < -0.39 is 0 Å². The fourth-order valence-electron chi connectivity index (χ4n) is 1.53. The monoisotopic (exact) mass is 146 g/mol. The van der Waals surface area contributed by atoms with Gasteiger partial charge in [-0.25, -0.2) is 4.98 Å². The lowest BCUT2D eigenvalue weighted by Crippen LogP contribution is -1.88. The highest BCUT2D eigenvalue weighted by atomic mass is 16.5. The van der Waals surface area contributed by atoms with Crippen LogP contribution < -0.4 is 0 Å². The third-order valence-electron chi connectivity index (χ3n) is 2.06. The summed E-state index contributed by atoms with van der Waals surface area (Å²) in [4.78, 5) is 4.05. The van der Waals surface area contributed by atoms with Crippen molar-refractivity contribution >= 4 is 11.3 Å². The predicted octanol–water partition coefficient (Wildman–Crippen LogP) is 1.46. The molecule has 3 heterocycles. The normalized spacial score (nSPS) is 18.5. The number of imidazole rings is 1. The average molecular weight is 146 g/mol. The van der Waals surface area contributed by atoms with Gasteiger partial charge in [0.15, 0.2) is 0 Å². The van der Waals surface area contributed by atoms with Crippen molar-refractivity contribution in [3.8, 4) is 0 Å². The molecule has 0 fully saturated rings. The molecule has 2 aliphatic rings. The van der Waals surface area contributed by atoms with E-state index in [-0.39, 0.29) is 0 Å². The molecular weight excluding hydrogens is 140 g/mol. The summed E-state index contributed by atoms with van der Waals surface area (Å²) in [5, 5.41) is 0. The van der Waals surface area contributed by atoms with Gasteiger partial charge in [-0.15, -0.1) is 0 Å². The van der Waals surface area contributed by atoms with Gasteiger partial charge in [0.2, 0.25) is 0 Å². The Morgan fingerprint density at radius 1 is 1.45 bits per heavy atom. The summed E-state index contributed by atoms with van der Waals surface area (Å²) in [6, 6.07) is 0. The van der Waals surface area contributed by atoms with Gasteiger partial charge < -0.3 is 4.74 Å². The van der Waals surface area contributed by atoms with Crippen LogP contribution in [0.25, 0.3) is 11.3 Å². The fourth-order valence-corrected chi connectivity index (χ4v) is 1.53. The number of ether oxygens (including phenoxy) is 1. The molecule has 3 rings (SSSR count). The number of hydrogen-bond acceptors (Lipinski definition) is 2. The molecule has 1 aromatic heterocycles. The molecule has 0 aromatic carbocycles. The summed E-state index contributed by atoms with van der Waals surface area (Å²) < 4.78 is 7.18. The fraction of sp³-hybridized carbons (Fsp3) is 0.125. The number of nitrogens with zero attached hydrogens (tertiary/aromatic N) is 2. The average Bonchev–Trinajstić information content (AvgIpc) is 2.58. The van der Waals surface area contributed by atoms with Crippen molar-refractivity contribution in [2.45, 2.75) is 6.42 Å². The van der Waals surface area contributed by atoms with Crippen LogP contribution >= 0.6 is 0 Å². The van der Waals surface area contributed by atoms with E-state index in [1.807, 2.05) is 12.5 Å². The Balaban J connectivity index is 2.38. The van der Waals surface area contributed by atoms with E-state index >= 15 is 0 Å². The van der Waals surface area contributed by atoms with Crippen LogP contribution in [0.5, 0.6) is 0 Å². The van der Waals surface area contributed by atoms with Gasteiger partial charge in [0.1, 0.15) is 6.26 Å². The number of allylic oxidation sites excluding steroid dienone is 2. The van der Waals surface area contributed by atoms with Crippen molar-refractivity contribution in [2.75, 3.05) is 0 Å². The molecule has 0 saturated carbocycles. The van der Waals surface area contributed by atoms with Crippen molar-refractivity contribution < 1.29 is 4.74 Å². The highest BCUT2D eigenvalue weighted by molar-refractivity contribution is 5.80. The Morgan fingerprint density at radius 2 is 2.45 bits per heavy atom. The molecule has 3 heteroatoms. The lowest BCUT2D eigenvalue weighted by atomic mass is 10.2. The van der Waals surface area contributed by atoms with E-state index in [2.05, 4.69) is 9.55 Å². The van der Waals surface area contributed by atoms with E-state index in [0.29, 0.717) is 0 Å². The molecule has 0 radical (unpaired) electrons. The van der Waals surface area contributed by atoms with Crippen LogP contribution in [0, 0.1) is 0 Å². The Bertz CT molecular complexity index is 341. The van der Waals surface area contributed by atoms with Crippen LogP contribution in [0.3, 0.4) is 0 Å². The first-order valence-electron chi connectivity index (χ1n) is 3.52. The van der Waals surface area contributed by atoms with E-state index in [1.54, 1.807) is 12.5 Å². The summed E-state index contributed by atoms with van der Waals surface area (Å²) in [6.07, 6.45) is 8.21. The van der Waals surface area contributed by atoms with E-state index in [1.165, 1.54) is 11.3 Å². The van der Waals surface area contributed by atoms with Crippen molar-refractivity contribution in [1.82, 2.24) is 9.55 Å². The minimum absolute atomic E-state index is 0.984. The highest BCUT2D eigenvalue weighted by Crippen LogP contribution is 2.36. The van der Waals surface area contributed by atoms with Gasteiger partial charge >= 0.3 is 0 Å². The van der Waals surface area contributed by atoms with Gasteiger partial charge in [-0.3, -0.25) is 4.57 Å². The third kappa shape index (κ3) is 0.510. The first kappa shape index (κ1) is 5.18. The molecular formula is C8H6N2O. The molecule has 0 saturated heterocycles. The maximum absolute atomic E-state index is 5.12. The number of rotatable bonds is 0. The Hall–Kier alpha value is -1.51. The molecule has 0 spiro atoms. The first-order chi connectivity index (χ1) is 5.45. The SMILES string of the molecule is C1=C2CC(=CO1)n1cncc12. The third-order valence-corrected chi connectivity index (χ3v) is 2.06. The van der Waals surface area contributed by atoms with Gasteiger partial charge in [0, 0.05) is 12.0 Å². The second-order valence-corrected chi connectivity index (χ2v) is 2.71. The van der Waals surface area contributed by atoms with Crippen LogP contribution in [-0.4, -0.2) is 9.55 Å². The van der Waals surface area contributed by atoms with Crippen molar-refractivity contribution in [2.24, 2.45) is 0 Å². The molecule has 2 bridgehead atoms. The largest absolute Gasteiger partial charge is 0.470 e.